The molecule has 9 amide bonds. The Hall–Kier alpha value is -5.03. The van der Waals surface area contributed by atoms with Gasteiger partial charge in [0.1, 0.15) is 0 Å². The van der Waals surface area contributed by atoms with E-state index in [2.05, 4.69) is 0 Å². The summed E-state index contributed by atoms with van der Waals surface area (Å²) in [5, 5.41) is 0. The Bertz CT molecular complexity index is 1050. The number of carbonyl (C=O) groups is 9. The fourth-order valence-electron chi connectivity index (χ4n) is 4.60. The maximum atomic E-state index is 12.9. The first kappa shape index (κ1) is 26.0. The molecule has 18 heteroatoms. The van der Waals surface area contributed by atoms with Gasteiger partial charge in [0.05, 0.1) is 0 Å². The molecule has 0 aromatic carbocycles. The van der Waals surface area contributed by atoms with Gasteiger partial charge in [0.2, 0.25) is 53.2 Å². The second kappa shape index (κ2) is 7.28. The third-order valence-electron chi connectivity index (χ3n) is 5.74. The van der Waals surface area contributed by atoms with Crippen molar-refractivity contribution in [3.63, 3.8) is 0 Å². The minimum atomic E-state index is -4.35. The molecule has 0 saturated heterocycles. The van der Waals surface area contributed by atoms with Crippen molar-refractivity contribution < 1.29 is 43.2 Å². The normalized spacial score (nSPS) is 19.2. The fraction of sp³-hybridized carbons (Fsp3) is 0.267. The minimum Gasteiger partial charge on any atom is -0.369 e. The van der Waals surface area contributed by atoms with Crippen LogP contribution in [-0.4, -0.2) is 53.2 Å². The molecule has 0 aromatic heterocycles. The standard InChI is InChI=1S/C15H19N9O9/c16-3(25)2-1-12(4(17)26,5(18)27)14(8(21)30,9(22)31)15(10(23)32,11(24)33)13(2,6(19)28)7(20)29/h1H,(H2,16,25)(H2,17,26)(H2,18,27)(H2,19,28)(H2,20,29)(H2,21,30)(H2,22,31)(H2,23,32)(H2,24,33). The van der Waals surface area contributed by atoms with Crippen molar-refractivity contribution in [3.8, 4) is 0 Å². The first-order valence-electron chi connectivity index (χ1n) is 8.26. The molecule has 0 atom stereocenters. The predicted octanol–water partition coefficient (Wildman–Crippen LogP) is -8.76. The molecular formula is C15H19N9O9. The summed E-state index contributed by atoms with van der Waals surface area (Å²) in [4.78, 5) is 114. The molecule has 0 unspecified atom stereocenters. The van der Waals surface area contributed by atoms with Gasteiger partial charge in [-0.15, -0.1) is 0 Å². The molecule has 0 spiro atoms. The first-order valence-corrected chi connectivity index (χ1v) is 8.26. The van der Waals surface area contributed by atoms with E-state index < -0.39 is 80.4 Å². The number of hydrogen-bond acceptors (Lipinski definition) is 9. The highest BCUT2D eigenvalue weighted by molar-refractivity contribution is 6.33. The smallest absolute Gasteiger partial charge is 0.246 e. The third-order valence-corrected chi connectivity index (χ3v) is 5.74. The van der Waals surface area contributed by atoms with Crippen molar-refractivity contribution >= 4 is 53.2 Å². The van der Waals surface area contributed by atoms with Crippen molar-refractivity contribution in [2.45, 2.75) is 0 Å². The molecule has 0 heterocycles. The van der Waals surface area contributed by atoms with E-state index in [1.807, 2.05) is 0 Å². The van der Waals surface area contributed by atoms with Crippen LogP contribution in [-0.2, 0) is 43.2 Å². The van der Waals surface area contributed by atoms with Crippen molar-refractivity contribution in [2.24, 2.45) is 73.3 Å². The summed E-state index contributed by atoms with van der Waals surface area (Å²) in [6, 6.07) is 0. The zero-order valence-corrected chi connectivity index (χ0v) is 16.4. The van der Waals surface area contributed by atoms with E-state index in [0.717, 1.165) is 0 Å². The van der Waals surface area contributed by atoms with Crippen LogP contribution >= 0.6 is 0 Å². The van der Waals surface area contributed by atoms with Gasteiger partial charge in [-0.05, 0) is 6.08 Å². The minimum absolute atomic E-state index is 0.116. The molecule has 0 aromatic rings. The van der Waals surface area contributed by atoms with Crippen LogP contribution in [0.4, 0.5) is 0 Å². The summed E-state index contributed by atoms with van der Waals surface area (Å²) in [7, 11) is 0. The van der Waals surface area contributed by atoms with Crippen LogP contribution in [0, 0.1) is 21.7 Å². The van der Waals surface area contributed by atoms with E-state index in [4.69, 9.17) is 51.6 Å². The molecule has 0 fully saturated rings. The van der Waals surface area contributed by atoms with Crippen LogP contribution in [0.25, 0.3) is 0 Å². The monoisotopic (exact) mass is 469 g/mol. The topological polar surface area (TPSA) is 388 Å². The SMILES string of the molecule is NC(=O)C1=CC(C(N)=O)(C(N)=O)C(C(N)=O)(C(N)=O)C(C(N)=O)(C(N)=O)C1(C(N)=O)C(N)=O. The van der Waals surface area contributed by atoms with Gasteiger partial charge < -0.3 is 51.6 Å². The molecule has 1 rings (SSSR count). The molecule has 0 saturated carbocycles. The van der Waals surface area contributed by atoms with E-state index in [-0.39, 0.29) is 6.08 Å². The molecule has 33 heavy (non-hydrogen) atoms. The lowest BCUT2D eigenvalue weighted by Gasteiger charge is -2.58. The van der Waals surface area contributed by atoms with Crippen molar-refractivity contribution in [3.05, 3.63) is 11.6 Å². The van der Waals surface area contributed by atoms with Crippen LogP contribution < -0.4 is 51.6 Å². The Labute approximate surface area is 182 Å². The highest BCUT2D eigenvalue weighted by Crippen LogP contribution is 2.66. The molecule has 178 valence electrons. The summed E-state index contributed by atoms with van der Waals surface area (Å²) >= 11 is 0. The highest BCUT2D eigenvalue weighted by Gasteiger charge is 2.90. The van der Waals surface area contributed by atoms with Crippen LogP contribution in [0.15, 0.2) is 11.6 Å². The van der Waals surface area contributed by atoms with Crippen LogP contribution in [0.3, 0.4) is 0 Å². The van der Waals surface area contributed by atoms with Crippen LogP contribution in [0.2, 0.25) is 0 Å². The van der Waals surface area contributed by atoms with Gasteiger partial charge in [0, 0.05) is 5.57 Å². The molecule has 0 radical (unpaired) electrons. The summed E-state index contributed by atoms with van der Waals surface area (Å²) < 4.78 is 0. The van der Waals surface area contributed by atoms with Gasteiger partial charge in [-0.25, -0.2) is 0 Å². The molecular weight excluding hydrogens is 450 g/mol. The second-order valence-corrected chi connectivity index (χ2v) is 6.89. The molecule has 18 N–H and O–H groups in total. The zero-order chi connectivity index (χ0) is 26.5. The average molecular weight is 469 g/mol. The molecule has 0 aliphatic heterocycles. The number of amides is 9. The number of primary amides is 9. The molecule has 0 bridgehead atoms. The fourth-order valence-corrected chi connectivity index (χ4v) is 4.60. The van der Waals surface area contributed by atoms with Gasteiger partial charge in [-0.1, -0.05) is 0 Å². The molecule has 18 nitrogen and oxygen atoms in total. The van der Waals surface area contributed by atoms with E-state index in [1.54, 1.807) is 0 Å². The van der Waals surface area contributed by atoms with Gasteiger partial charge >= 0.3 is 0 Å². The van der Waals surface area contributed by atoms with Crippen molar-refractivity contribution in [2.75, 3.05) is 0 Å². The Morgan fingerprint density at radius 3 is 0.939 bits per heavy atom. The van der Waals surface area contributed by atoms with Gasteiger partial charge in [-0.2, -0.15) is 0 Å². The molecule has 1 aliphatic carbocycles. The Morgan fingerprint density at radius 1 is 0.455 bits per heavy atom. The van der Waals surface area contributed by atoms with E-state index in [0.29, 0.717) is 0 Å². The predicted molar refractivity (Wildman–Crippen MR) is 101 cm³/mol. The van der Waals surface area contributed by atoms with Gasteiger partial charge in [-0.3, -0.25) is 43.2 Å². The third kappa shape index (κ3) is 2.33. The number of rotatable bonds is 9. The summed E-state index contributed by atoms with van der Waals surface area (Å²) in [6.45, 7) is 0. The summed E-state index contributed by atoms with van der Waals surface area (Å²) in [6.07, 6.45) is -0.116. The maximum Gasteiger partial charge on any atom is 0.246 e. The van der Waals surface area contributed by atoms with Gasteiger partial charge in [0.15, 0.2) is 21.7 Å². The largest absolute Gasteiger partial charge is 0.369 e. The summed E-state index contributed by atoms with van der Waals surface area (Å²) in [5.41, 5.74) is 28.8. The number of nitrogens with two attached hydrogens (primary N) is 9. The maximum absolute atomic E-state index is 12.9. The zero-order valence-electron chi connectivity index (χ0n) is 16.4. The Kier molecular flexibility index (Phi) is 5.74. The Morgan fingerprint density at radius 2 is 0.758 bits per heavy atom. The van der Waals surface area contributed by atoms with E-state index in [9.17, 15) is 43.2 Å². The van der Waals surface area contributed by atoms with Gasteiger partial charge in [0.25, 0.3) is 0 Å². The number of hydrogen-bond donors (Lipinski definition) is 9. The Balaban J connectivity index is 5.17. The second-order valence-electron chi connectivity index (χ2n) is 6.89. The summed E-state index contributed by atoms with van der Waals surface area (Å²) in [5.74, 6) is -20.1. The quantitative estimate of drug-likeness (QED) is 0.144. The van der Waals surface area contributed by atoms with Crippen molar-refractivity contribution in [1.82, 2.24) is 0 Å². The van der Waals surface area contributed by atoms with E-state index >= 15 is 0 Å². The van der Waals surface area contributed by atoms with Crippen molar-refractivity contribution in [1.29, 1.82) is 0 Å². The lowest BCUT2D eigenvalue weighted by molar-refractivity contribution is -0.195. The first-order chi connectivity index (χ1) is 14.8. The lowest BCUT2D eigenvalue weighted by atomic mass is 9.36. The highest BCUT2D eigenvalue weighted by atomic mass is 16.2. The average Bonchev–Trinajstić information content (AvgIpc) is 2.63. The molecule has 1 aliphatic rings. The number of carbonyl (C=O) groups excluding carboxylic acids is 9. The van der Waals surface area contributed by atoms with E-state index in [1.165, 1.54) is 0 Å². The van der Waals surface area contributed by atoms with Crippen LogP contribution in [0.1, 0.15) is 0 Å². The lowest BCUT2D eigenvalue weighted by Crippen LogP contribution is -2.86. The van der Waals surface area contributed by atoms with Crippen LogP contribution in [0.5, 0.6) is 0 Å².